The summed E-state index contributed by atoms with van der Waals surface area (Å²) in [5, 5.41) is 9.09. The van der Waals surface area contributed by atoms with Crippen molar-refractivity contribution in [1.82, 2.24) is 0 Å². The topological polar surface area (TPSA) is 49.7 Å². The third-order valence-corrected chi connectivity index (χ3v) is 3.62. The van der Waals surface area contributed by atoms with Crippen molar-refractivity contribution in [2.75, 3.05) is 7.05 Å². The van der Waals surface area contributed by atoms with Crippen molar-refractivity contribution >= 4 is 18.3 Å². The Morgan fingerprint density at radius 3 is 2.35 bits per heavy atom. The quantitative estimate of drug-likeness (QED) is 0.298. The SMILES string of the molecule is CCCCCCC(=C\c1ccc(/C=N\C)cc1)/C=C(\C)C(=O)O. The Kier molecular flexibility index (Phi) is 8.66. The van der Waals surface area contributed by atoms with Gasteiger partial charge in [0.25, 0.3) is 0 Å². The highest BCUT2D eigenvalue weighted by atomic mass is 16.4. The van der Waals surface area contributed by atoms with Crippen molar-refractivity contribution in [2.45, 2.75) is 46.0 Å². The number of carboxylic acids is 1. The molecule has 0 fully saturated rings. The molecule has 3 heteroatoms. The van der Waals surface area contributed by atoms with E-state index in [-0.39, 0.29) is 0 Å². The van der Waals surface area contributed by atoms with E-state index in [9.17, 15) is 4.79 Å². The number of carboxylic acid groups (broad SMARTS) is 1. The maximum Gasteiger partial charge on any atom is 0.331 e. The fourth-order valence-electron chi connectivity index (χ4n) is 2.32. The number of aliphatic carboxylic acids is 1. The highest BCUT2D eigenvalue weighted by Crippen LogP contribution is 2.18. The molecule has 124 valence electrons. The zero-order chi connectivity index (χ0) is 17.1. The number of hydrogen-bond acceptors (Lipinski definition) is 2. The number of benzene rings is 1. The molecule has 3 nitrogen and oxygen atoms in total. The van der Waals surface area contributed by atoms with Gasteiger partial charge in [0.1, 0.15) is 0 Å². The number of aliphatic imine (C=N–C) groups is 1. The van der Waals surface area contributed by atoms with Gasteiger partial charge in [-0.25, -0.2) is 4.79 Å². The second-order valence-corrected chi connectivity index (χ2v) is 5.72. The lowest BCUT2D eigenvalue weighted by Crippen LogP contribution is -1.97. The van der Waals surface area contributed by atoms with E-state index in [1.54, 1.807) is 20.0 Å². The molecule has 0 amide bonds. The Balaban J connectivity index is 2.92. The number of nitrogens with zero attached hydrogens (tertiary/aromatic N) is 1. The van der Waals surface area contributed by atoms with Gasteiger partial charge in [-0.05, 0) is 42.5 Å². The number of unbranched alkanes of at least 4 members (excludes halogenated alkanes) is 3. The molecule has 0 aromatic heterocycles. The van der Waals surface area contributed by atoms with Crippen LogP contribution in [0.5, 0.6) is 0 Å². The Hall–Kier alpha value is -2.16. The van der Waals surface area contributed by atoms with Gasteiger partial charge in [0.15, 0.2) is 0 Å². The minimum Gasteiger partial charge on any atom is -0.478 e. The summed E-state index contributed by atoms with van der Waals surface area (Å²) in [5.41, 5.74) is 3.59. The van der Waals surface area contributed by atoms with Crippen molar-refractivity contribution < 1.29 is 9.90 Å². The van der Waals surface area contributed by atoms with Crippen LogP contribution in [0.4, 0.5) is 0 Å². The standard InChI is InChI=1S/C20H27NO2/c1-4-5-6-7-8-19(13-16(2)20(22)23)14-17-9-11-18(12-10-17)15-21-3/h9-15H,4-8H2,1-3H3,(H,22,23)/b16-13+,19-14+,21-15-. The number of allylic oxidation sites excluding steroid dienone is 2. The Labute approximate surface area is 139 Å². The van der Waals surface area contributed by atoms with Gasteiger partial charge < -0.3 is 5.11 Å². The first-order valence-electron chi connectivity index (χ1n) is 8.21. The largest absolute Gasteiger partial charge is 0.478 e. The molecule has 1 N–H and O–H groups in total. The van der Waals surface area contributed by atoms with E-state index in [2.05, 4.69) is 18.0 Å². The van der Waals surface area contributed by atoms with Crippen molar-refractivity contribution in [2.24, 2.45) is 4.99 Å². The van der Waals surface area contributed by atoms with Crippen molar-refractivity contribution in [3.63, 3.8) is 0 Å². The van der Waals surface area contributed by atoms with E-state index >= 15 is 0 Å². The summed E-state index contributed by atoms with van der Waals surface area (Å²) in [6.45, 7) is 3.83. The predicted molar refractivity (Wildman–Crippen MR) is 98.1 cm³/mol. The van der Waals surface area contributed by atoms with Gasteiger partial charge in [-0.3, -0.25) is 4.99 Å². The van der Waals surface area contributed by atoms with Gasteiger partial charge in [0.2, 0.25) is 0 Å². The predicted octanol–water partition coefficient (Wildman–Crippen LogP) is 5.12. The minimum absolute atomic E-state index is 0.376. The minimum atomic E-state index is -0.862. The van der Waals surface area contributed by atoms with Crippen LogP contribution >= 0.6 is 0 Å². The average molecular weight is 313 g/mol. The van der Waals surface area contributed by atoms with Gasteiger partial charge in [0, 0.05) is 18.8 Å². The molecule has 0 spiro atoms. The van der Waals surface area contributed by atoms with Gasteiger partial charge in [-0.2, -0.15) is 0 Å². The maximum absolute atomic E-state index is 11.1. The molecule has 0 aliphatic heterocycles. The van der Waals surface area contributed by atoms with Gasteiger partial charge in [-0.1, -0.05) is 56.5 Å². The van der Waals surface area contributed by atoms with Crippen LogP contribution in [-0.2, 0) is 4.79 Å². The van der Waals surface area contributed by atoms with Crippen LogP contribution in [0.3, 0.4) is 0 Å². The van der Waals surface area contributed by atoms with Crippen molar-refractivity contribution in [1.29, 1.82) is 0 Å². The lowest BCUT2D eigenvalue weighted by Gasteiger charge is -2.05. The fourth-order valence-corrected chi connectivity index (χ4v) is 2.32. The molecule has 0 unspecified atom stereocenters. The summed E-state index contributed by atoms with van der Waals surface area (Å²) in [6, 6.07) is 8.10. The summed E-state index contributed by atoms with van der Waals surface area (Å²) < 4.78 is 0. The first kappa shape index (κ1) is 18.9. The van der Waals surface area contributed by atoms with Crippen LogP contribution in [0, 0.1) is 0 Å². The molecule has 1 aromatic rings. The van der Waals surface area contributed by atoms with E-state index < -0.39 is 5.97 Å². The molecule has 0 aliphatic rings. The van der Waals surface area contributed by atoms with E-state index in [0.29, 0.717) is 5.57 Å². The highest BCUT2D eigenvalue weighted by Gasteiger charge is 2.03. The average Bonchev–Trinajstić information content (AvgIpc) is 2.53. The molecule has 1 aromatic carbocycles. The second kappa shape index (κ2) is 10.5. The molecule has 0 aliphatic carbocycles. The number of rotatable bonds is 9. The molecule has 0 radical (unpaired) electrons. The highest BCUT2D eigenvalue weighted by molar-refractivity contribution is 5.87. The van der Waals surface area contributed by atoms with Crippen molar-refractivity contribution in [3.05, 3.63) is 52.6 Å². The zero-order valence-corrected chi connectivity index (χ0v) is 14.4. The summed E-state index contributed by atoms with van der Waals surface area (Å²) in [4.78, 5) is 15.1. The summed E-state index contributed by atoms with van der Waals surface area (Å²) >= 11 is 0. The smallest absolute Gasteiger partial charge is 0.331 e. The van der Waals surface area contributed by atoms with E-state index in [0.717, 1.165) is 29.5 Å². The fraction of sp³-hybridized carbons (Fsp3) is 0.400. The molecular weight excluding hydrogens is 286 g/mol. The molecule has 0 heterocycles. The van der Waals surface area contributed by atoms with Crippen molar-refractivity contribution in [3.8, 4) is 0 Å². The van der Waals surface area contributed by atoms with Gasteiger partial charge in [-0.15, -0.1) is 0 Å². The third-order valence-electron chi connectivity index (χ3n) is 3.62. The second-order valence-electron chi connectivity index (χ2n) is 5.72. The van der Waals surface area contributed by atoms with Gasteiger partial charge in [0.05, 0.1) is 0 Å². The Bertz CT molecular complexity index is 580. The normalized spacial score (nSPS) is 12.8. The summed E-state index contributed by atoms with van der Waals surface area (Å²) in [6.07, 6.45) is 11.3. The van der Waals surface area contributed by atoms with Crippen LogP contribution in [0.1, 0.15) is 57.1 Å². The molecule has 1 rings (SSSR count). The molecule has 0 atom stereocenters. The van der Waals surface area contributed by atoms with E-state index in [4.69, 9.17) is 5.11 Å². The first-order chi connectivity index (χ1) is 11.1. The maximum atomic E-state index is 11.1. The molecule has 0 bridgehead atoms. The van der Waals surface area contributed by atoms with Gasteiger partial charge >= 0.3 is 5.97 Å². The number of hydrogen-bond donors (Lipinski definition) is 1. The lowest BCUT2D eigenvalue weighted by atomic mass is 10.0. The zero-order valence-electron chi connectivity index (χ0n) is 14.4. The molecule has 23 heavy (non-hydrogen) atoms. The van der Waals surface area contributed by atoms with Crippen LogP contribution in [-0.4, -0.2) is 24.3 Å². The number of carbonyl (C=O) groups is 1. The Morgan fingerprint density at radius 2 is 1.78 bits per heavy atom. The van der Waals surface area contributed by atoms with E-state index in [1.807, 2.05) is 30.5 Å². The van der Waals surface area contributed by atoms with Crippen LogP contribution < -0.4 is 0 Å². The molecule has 0 saturated heterocycles. The monoisotopic (exact) mass is 313 g/mol. The summed E-state index contributed by atoms with van der Waals surface area (Å²) in [7, 11) is 1.75. The third kappa shape index (κ3) is 7.59. The van der Waals surface area contributed by atoms with E-state index in [1.165, 1.54) is 19.3 Å². The Morgan fingerprint density at radius 1 is 1.13 bits per heavy atom. The van der Waals surface area contributed by atoms with Crippen LogP contribution in [0.2, 0.25) is 0 Å². The van der Waals surface area contributed by atoms with Crippen LogP contribution in [0.15, 0.2) is 46.5 Å². The molecule has 0 saturated carbocycles. The summed E-state index contributed by atoms with van der Waals surface area (Å²) in [5.74, 6) is -0.862. The lowest BCUT2D eigenvalue weighted by molar-refractivity contribution is -0.132. The molecular formula is C20H27NO2. The van der Waals surface area contributed by atoms with Crippen LogP contribution in [0.25, 0.3) is 6.08 Å². The first-order valence-corrected chi connectivity index (χ1v) is 8.21.